The highest BCUT2D eigenvalue weighted by Crippen LogP contribution is 2.37. The van der Waals surface area contributed by atoms with Crippen LogP contribution in [0.1, 0.15) is 44.7 Å². The molecule has 4 nitrogen and oxygen atoms in total. The number of carbonyl (C=O) groups excluding carboxylic acids is 2. The zero-order chi connectivity index (χ0) is 18.3. The molecule has 5 heteroatoms. The van der Waals surface area contributed by atoms with E-state index in [1.54, 1.807) is 12.1 Å². The molecule has 27 heavy (non-hydrogen) atoms. The van der Waals surface area contributed by atoms with Gasteiger partial charge in [0.05, 0.1) is 5.56 Å². The average Bonchev–Trinajstić information content (AvgIpc) is 3.23. The highest BCUT2D eigenvalue weighted by molar-refractivity contribution is 6.15. The molecule has 142 valence electrons. The van der Waals surface area contributed by atoms with Crippen molar-refractivity contribution >= 4 is 24.1 Å². The Morgan fingerprint density at radius 3 is 2.30 bits per heavy atom. The summed E-state index contributed by atoms with van der Waals surface area (Å²) in [5, 5.41) is 0. The first-order valence-electron chi connectivity index (χ1n) is 9.30. The van der Waals surface area contributed by atoms with Crippen molar-refractivity contribution < 1.29 is 9.59 Å². The molecule has 0 aromatic heterocycles. The van der Waals surface area contributed by atoms with Gasteiger partial charge in [0.2, 0.25) is 0 Å². The summed E-state index contributed by atoms with van der Waals surface area (Å²) >= 11 is 0. The van der Waals surface area contributed by atoms with E-state index in [1.807, 2.05) is 48.2 Å². The predicted octanol–water partition coefficient (Wildman–Crippen LogP) is 3.46. The van der Waals surface area contributed by atoms with Crippen molar-refractivity contribution in [3.05, 3.63) is 70.8 Å². The molecule has 0 spiro atoms. The third kappa shape index (κ3) is 3.64. The largest absolute Gasteiger partial charge is 0.338 e. The van der Waals surface area contributed by atoms with Gasteiger partial charge in [-0.2, -0.15) is 0 Å². The molecule has 1 saturated carbocycles. The maximum absolute atomic E-state index is 13.1. The van der Waals surface area contributed by atoms with Gasteiger partial charge in [0.15, 0.2) is 5.78 Å². The maximum atomic E-state index is 13.1. The first kappa shape index (κ1) is 19.6. The summed E-state index contributed by atoms with van der Waals surface area (Å²) in [5.41, 5.74) is 8.87. The van der Waals surface area contributed by atoms with Gasteiger partial charge in [0, 0.05) is 30.3 Å². The van der Waals surface area contributed by atoms with Crippen LogP contribution in [0.4, 0.5) is 0 Å². The number of nitrogens with zero attached hydrogens (tertiary/aromatic N) is 1. The third-order valence-corrected chi connectivity index (χ3v) is 5.92. The molecule has 1 aliphatic carbocycles. The monoisotopic (exact) mass is 384 g/mol. The summed E-state index contributed by atoms with van der Waals surface area (Å²) in [6.45, 7) is 3.45. The lowest BCUT2D eigenvalue weighted by Gasteiger charge is -2.20. The van der Waals surface area contributed by atoms with Crippen LogP contribution >= 0.6 is 12.4 Å². The number of carbonyl (C=O) groups is 2. The Morgan fingerprint density at radius 2 is 1.63 bits per heavy atom. The molecule has 4 rings (SSSR count). The number of likely N-dealkylation sites (tertiary alicyclic amines) is 1. The highest BCUT2D eigenvalue weighted by Gasteiger charge is 2.42. The second-order valence-corrected chi connectivity index (χ2v) is 7.62. The van der Waals surface area contributed by atoms with Crippen molar-refractivity contribution in [3.63, 3.8) is 0 Å². The van der Waals surface area contributed by atoms with Gasteiger partial charge in [-0.15, -0.1) is 12.4 Å². The highest BCUT2D eigenvalue weighted by atomic mass is 35.5. The number of hydrogen-bond donors (Lipinski definition) is 1. The molecule has 0 radical (unpaired) electrons. The average molecular weight is 385 g/mol. The van der Waals surface area contributed by atoms with E-state index < -0.39 is 0 Å². The van der Waals surface area contributed by atoms with Crippen molar-refractivity contribution in [2.45, 2.75) is 25.8 Å². The van der Waals surface area contributed by atoms with Crippen LogP contribution in [0.2, 0.25) is 0 Å². The number of rotatable bonds is 3. The van der Waals surface area contributed by atoms with E-state index in [0.717, 1.165) is 24.9 Å². The second-order valence-electron chi connectivity index (χ2n) is 7.62. The van der Waals surface area contributed by atoms with Gasteiger partial charge in [0.1, 0.15) is 0 Å². The molecular weight excluding hydrogens is 360 g/mol. The molecule has 1 saturated heterocycles. The Morgan fingerprint density at radius 1 is 0.963 bits per heavy atom. The minimum Gasteiger partial charge on any atom is -0.338 e. The summed E-state index contributed by atoms with van der Waals surface area (Å²) in [6.07, 6.45) is 2.15. The standard InChI is InChI=1S/C22H24N2O2.ClH/c1-14-6-8-15(9-7-14)21(25)17-4-2-3-5-18(17)22(26)24-12-16-10-11-20(23)19(16)13-24;/h2-9,16,19-20H,10-13,23H2,1H3;1H. The molecule has 2 aliphatic rings. The quantitative estimate of drug-likeness (QED) is 0.824. The number of ketones is 1. The Hall–Kier alpha value is -2.17. The van der Waals surface area contributed by atoms with Crippen LogP contribution < -0.4 is 5.73 Å². The lowest BCUT2D eigenvalue weighted by molar-refractivity contribution is 0.0775. The van der Waals surface area contributed by atoms with E-state index in [4.69, 9.17) is 5.73 Å². The zero-order valence-corrected chi connectivity index (χ0v) is 16.2. The van der Waals surface area contributed by atoms with Crippen molar-refractivity contribution in [1.29, 1.82) is 0 Å². The molecule has 1 aliphatic heterocycles. The van der Waals surface area contributed by atoms with Gasteiger partial charge in [-0.25, -0.2) is 0 Å². The van der Waals surface area contributed by atoms with Crippen molar-refractivity contribution in [3.8, 4) is 0 Å². The van der Waals surface area contributed by atoms with Crippen molar-refractivity contribution in [2.24, 2.45) is 17.6 Å². The molecule has 2 aromatic carbocycles. The van der Waals surface area contributed by atoms with E-state index in [0.29, 0.717) is 35.1 Å². The van der Waals surface area contributed by atoms with Gasteiger partial charge in [-0.05, 0) is 37.7 Å². The molecule has 1 heterocycles. The lowest BCUT2D eigenvalue weighted by atomic mass is 9.97. The van der Waals surface area contributed by atoms with Gasteiger partial charge < -0.3 is 10.6 Å². The third-order valence-electron chi connectivity index (χ3n) is 5.92. The number of fused-ring (bicyclic) bond motifs is 1. The number of hydrogen-bond acceptors (Lipinski definition) is 3. The van der Waals surface area contributed by atoms with Gasteiger partial charge in [0.25, 0.3) is 5.91 Å². The molecule has 2 aromatic rings. The first-order valence-corrected chi connectivity index (χ1v) is 9.30. The lowest BCUT2D eigenvalue weighted by Crippen LogP contribution is -2.34. The molecule has 3 unspecified atom stereocenters. The van der Waals surface area contributed by atoms with E-state index >= 15 is 0 Å². The van der Waals surface area contributed by atoms with E-state index in [1.165, 1.54) is 0 Å². The fourth-order valence-corrected chi connectivity index (χ4v) is 4.37. The SMILES string of the molecule is Cc1ccc(C(=O)c2ccccc2C(=O)N2CC3CCC(N)C3C2)cc1.Cl. The van der Waals surface area contributed by atoms with Crippen molar-refractivity contribution in [1.82, 2.24) is 4.90 Å². The zero-order valence-electron chi connectivity index (χ0n) is 15.4. The van der Waals surface area contributed by atoms with Crippen LogP contribution in [0.3, 0.4) is 0 Å². The van der Waals surface area contributed by atoms with Crippen molar-refractivity contribution in [2.75, 3.05) is 13.1 Å². The Bertz CT molecular complexity index is 850. The molecule has 3 atom stereocenters. The molecular formula is C22H25ClN2O2. The number of halogens is 1. The Balaban J connectivity index is 0.00000210. The summed E-state index contributed by atoms with van der Waals surface area (Å²) in [6, 6.07) is 14.8. The predicted molar refractivity (Wildman–Crippen MR) is 108 cm³/mol. The summed E-state index contributed by atoms with van der Waals surface area (Å²) < 4.78 is 0. The van der Waals surface area contributed by atoms with Crippen LogP contribution in [0.5, 0.6) is 0 Å². The number of aryl methyl sites for hydroxylation is 1. The Kier molecular flexibility index (Phi) is 5.68. The normalized spacial score (nSPS) is 23.6. The molecule has 1 amide bonds. The fraction of sp³-hybridized carbons (Fsp3) is 0.364. The van der Waals surface area contributed by atoms with Crippen LogP contribution in [0, 0.1) is 18.8 Å². The smallest absolute Gasteiger partial charge is 0.254 e. The van der Waals surface area contributed by atoms with E-state index in [9.17, 15) is 9.59 Å². The first-order chi connectivity index (χ1) is 12.5. The second kappa shape index (κ2) is 7.83. The van der Waals surface area contributed by atoms with Crippen LogP contribution in [0.15, 0.2) is 48.5 Å². The molecule has 0 bridgehead atoms. The van der Waals surface area contributed by atoms with Gasteiger partial charge in [-0.3, -0.25) is 9.59 Å². The van der Waals surface area contributed by atoms with Gasteiger partial charge >= 0.3 is 0 Å². The van der Waals surface area contributed by atoms with E-state index in [2.05, 4.69) is 0 Å². The number of amides is 1. The summed E-state index contributed by atoms with van der Waals surface area (Å²) in [7, 11) is 0. The molecule has 2 fully saturated rings. The van der Waals surface area contributed by atoms with Crippen LogP contribution in [-0.4, -0.2) is 35.7 Å². The minimum absolute atomic E-state index is 0. The van der Waals surface area contributed by atoms with Crippen LogP contribution in [0.25, 0.3) is 0 Å². The summed E-state index contributed by atoms with van der Waals surface area (Å²) in [4.78, 5) is 28.0. The van der Waals surface area contributed by atoms with Gasteiger partial charge in [-0.1, -0.05) is 48.0 Å². The summed E-state index contributed by atoms with van der Waals surface area (Å²) in [5.74, 6) is 0.750. The topological polar surface area (TPSA) is 63.4 Å². The number of benzene rings is 2. The van der Waals surface area contributed by atoms with Crippen LogP contribution in [-0.2, 0) is 0 Å². The molecule has 2 N–H and O–H groups in total. The fourth-order valence-electron chi connectivity index (χ4n) is 4.37. The maximum Gasteiger partial charge on any atom is 0.254 e. The number of nitrogens with two attached hydrogens (primary N) is 1. The minimum atomic E-state index is -0.106. The Labute approximate surface area is 166 Å². The van der Waals surface area contributed by atoms with E-state index in [-0.39, 0.29) is 30.1 Å².